The highest BCUT2D eigenvalue weighted by molar-refractivity contribution is 6.42. The maximum absolute atomic E-state index is 12.8. The van der Waals surface area contributed by atoms with Crippen LogP contribution in [0.5, 0.6) is 0 Å². The lowest BCUT2D eigenvalue weighted by Gasteiger charge is -2.06. The molecule has 0 aliphatic carbocycles. The first kappa shape index (κ1) is 16.8. The summed E-state index contributed by atoms with van der Waals surface area (Å²) in [7, 11) is 0. The fourth-order valence-electron chi connectivity index (χ4n) is 2.94. The molecule has 0 atom stereocenters. The number of rotatable bonds is 4. The number of aromatic nitrogens is 4. The number of Topliss-reactive ketones (excluding diaryl/α,β-unsaturated/α-hetero) is 1. The highest BCUT2D eigenvalue weighted by Crippen LogP contribution is 2.28. The molecule has 1 N–H and O–H groups in total. The Bertz CT molecular complexity index is 1130. The Balaban J connectivity index is 1.70. The Morgan fingerprint density at radius 2 is 1.96 bits per heavy atom. The standard InChI is InChI=1S/C19H14Cl2N4O/c1-11-23-19(12-6-7-15(20)16(21)8-12)25(24-11)10-18(26)14-9-22-17-5-3-2-4-13(14)17/h2-9,22H,10H2,1H3. The van der Waals surface area contributed by atoms with Crippen molar-refractivity contribution in [2.45, 2.75) is 13.5 Å². The van der Waals surface area contributed by atoms with Gasteiger partial charge in [-0.15, -0.1) is 0 Å². The number of hydrogen-bond donors (Lipinski definition) is 1. The van der Waals surface area contributed by atoms with Gasteiger partial charge in [0.25, 0.3) is 0 Å². The van der Waals surface area contributed by atoms with Crippen LogP contribution < -0.4 is 0 Å². The number of hydrogen-bond acceptors (Lipinski definition) is 3. The first-order valence-electron chi connectivity index (χ1n) is 7.99. The first-order chi connectivity index (χ1) is 12.5. The quantitative estimate of drug-likeness (QED) is 0.507. The number of carbonyl (C=O) groups is 1. The summed E-state index contributed by atoms with van der Waals surface area (Å²) in [4.78, 5) is 20.4. The van der Waals surface area contributed by atoms with E-state index in [1.165, 1.54) is 0 Å². The van der Waals surface area contributed by atoms with Crippen molar-refractivity contribution in [3.05, 3.63) is 70.1 Å². The van der Waals surface area contributed by atoms with E-state index < -0.39 is 0 Å². The topological polar surface area (TPSA) is 63.6 Å². The zero-order valence-corrected chi connectivity index (χ0v) is 15.3. The first-order valence-corrected chi connectivity index (χ1v) is 8.74. The van der Waals surface area contributed by atoms with Crippen molar-refractivity contribution in [1.82, 2.24) is 19.7 Å². The van der Waals surface area contributed by atoms with Crippen molar-refractivity contribution in [3.63, 3.8) is 0 Å². The number of halogens is 2. The Morgan fingerprint density at radius 1 is 1.15 bits per heavy atom. The molecule has 0 saturated carbocycles. The van der Waals surface area contributed by atoms with Crippen LogP contribution in [-0.2, 0) is 6.54 Å². The van der Waals surface area contributed by atoms with E-state index in [0.717, 1.165) is 16.5 Å². The molecule has 0 aliphatic rings. The van der Waals surface area contributed by atoms with Crippen LogP contribution in [0.15, 0.2) is 48.7 Å². The fraction of sp³-hybridized carbons (Fsp3) is 0.105. The van der Waals surface area contributed by atoms with Crippen molar-refractivity contribution >= 4 is 39.9 Å². The van der Waals surface area contributed by atoms with Gasteiger partial charge in [-0.25, -0.2) is 9.67 Å². The minimum Gasteiger partial charge on any atom is -0.360 e. The van der Waals surface area contributed by atoms with E-state index in [4.69, 9.17) is 23.2 Å². The van der Waals surface area contributed by atoms with Crippen LogP contribution in [-0.4, -0.2) is 25.5 Å². The second-order valence-corrected chi connectivity index (χ2v) is 6.75. The summed E-state index contributed by atoms with van der Waals surface area (Å²) in [5, 5.41) is 6.16. The Morgan fingerprint density at radius 3 is 2.77 bits per heavy atom. The zero-order valence-electron chi connectivity index (χ0n) is 13.8. The summed E-state index contributed by atoms with van der Waals surface area (Å²) >= 11 is 12.1. The highest BCUT2D eigenvalue weighted by Gasteiger charge is 2.17. The molecule has 0 unspecified atom stereocenters. The third-order valence-electron chi connectivity index (χ3n) is 4.14. The van der Waals surface area contributed by atoms with Gasteiger partial charge in [-0.1, -0.05) is 41.4 Å². The molecule has 0 aliphatic heterocycles. The highest BCUT2D eigenvalue weighted by atomic mass is 35.5. The molecule has 4 rings (SSSR count). The molecular weight excluding hydrogens is 371 g/mol. The average Bonchev–Trinajstić information content (AvgIpc) is 3.21. The van der Waals surface area contributed by atoms with E-state index in [2.05, 4.69) is 15.1 Å². The van der Waals surface area contributed by atoms with Gasteiger partial charge >= 0.3 is 0 Å². The molecule has 0 spiro atoms. The van der Waals surface area contributed by atoms with Gasteiger partial charge in [0.15, 0.2) is 11.6 Å². The maximum atomic E-state index is 12.8. The second-order valence-electron chi connectivity index (χ2n) is 5.94. The predicted octanol–water partition coefficient (Wildman–Crippen LogP) is 4.92. The SMILES string of the molecule is Cc1nc(-c2ccc(Cl)c(Cl)c2)n(CC(=O)c2c[nH]c3ccccc23)n1. The average molecular weight is 385 g/mol. The lowest BCUT2D eigenvalue weighted by atomic mass is 10.1. The lowest BCUT2D eigenvalue weighted by Crippen LogP contribution is -2.13. The lowest BCUT2D eigenvalue weighted by molar-refractivity contribution is 0.0970. The Labute approximate surface area is 159 Å². The molecule has 0 fully saturated rings. The summed E-state index contributed by atoms with van der Waals surface area (Å²) in [6.07, 6.45) is 1.73. The maximum Gasteiger partial charge on any atom is 0.186 e. The van der Waals surface area contributed by atoms with E-state index in [-0.39, 0.29) is 12.3 Å². The summed E-state index contributed by atoms with van der Waals surface area (Å²) < 4.78 is 1.60. The zero-order chi connectivity index (χ0) is 18.3. The van der Waals surface area contributed by atoms with Gasteiger partial charge in [0.05, 0.1) is 10.0 Å². The van der Waals surface area contributed by atoms with Crippen molar-refractivity contribution in [3.8, 4) is 11.4 Å². The molecule has 7 heteroatoms. The number of carbonyl (C=O) groups excluding carboxylic acids is 1. The summed E-state index contributed by atoms with van der Waals surface area (Å²) in [5.74, 6) is 1.11. The molecule has 2 heterocycles. The number of aryl methyl sites for hydroxylation is 1. The van der Waals surface area contributed by atoms with Crippen molar-refractivity contribution < 1.29 is 4.79 Å². The molecule has 2 aromatic heterocycles. The van der Waals surface area contributed by atoms with Crippen LogP contribution in [0.3, 0.4) is 0 Å². The van der Waals surface area contributed by atoms with E-state index in [1.807, 2.05) is 30.3 Å². The van der Waals surface area contributed by atoms with Crippen LogP contribution in [0.2, 0.25) is 10.0 Å². The number of nitrogens with one attached hydrogen (secondary N) is 1. The third kappa shape index (κ3) is 3.00. The van der Waals surface area contributed by atoms with Gasteiger partial charge in [-0.3, -0.25) is 4.79 Å². The van der Waals surface area contributed by atoms with Crippen LogP contribution in [0.25, 0.3) is 22.3 Å². The van der Waals surface area contributed by atoms with Crippen molar-refractivity contribution in [2.75, 3.05) is 0 Å². The number of ketones is 1. The molecule has 0 saturated heterocycles. The normalized spacial score (nSPS) is 11.2. The summed E-state index contributed by atoms with van der Waals surface area (Å²) in [5.41, 5.74) is 2.32. The van der Waals surface area contributed by atoms with E-state index in [0.29, 0.717) is 27.3 Å². The predicted molar refractivity (Wildman–Crippen MR) is 103 cm³/mol. The Hall–Kier alpha value is -2.63. The van der Waals surface area contributed by atoms with Gasteiger partial charge in [0.2, 0.25) is 0 Å². The largest absolute Gasteiger partial charge is 0.360 e. The van der Waals surface area contributed by atoms with Gasteiger partial charge in [0, 0.05) is 28.2 Å². The Kier molecular flexibility index (Phi) is 4.26. The van der Waals surface area contributed by atoms with Gasteiger partial charge < -0.3 is 4.98 Å². The summed E-state index contributed by atoms with van der Waals surface area (Å²) in [6, 6.07) is 12.9. The van der Waals surface area contributed by atoms with E-state index in [1.54, 1.807) is 29.9 Å². The molecule has 5 nitrogen and oxygen atoms in total. The van der Waals surface area contributed by atoms with Crippen LogP contribution >= 0.6 is 23.2 Å². The molecule has 130 valence electrons. The van der Waals surface area contributed by atoms with Crippen molar-refractivity contribution in [2.24, 2.45) is 0 Å². The van der Waals surface area contributed by atoms with Gasteiger partial charge in [0.1, 0.15) is 12.4 Å². The number of para-hydroxylation sites is 1. The van der Waals surface area contributed by atoms with Crippen LogP contribution in [0.1, 0.15) is 16.2 Å². The molecule has 2 aromatic carbocycles. The van der Waals surface area contributed by atoms with Crippen molar-refractivity contribution in [1.29, 1.82) is 0 Å². The molecule has 0 radical (unpaired) electrons. The minimum absolute atomic E-state index is 0.0475. The third-order valence-corrected chi connectivity index (χ3v) is 4.88. The fourth-order valence-corrected chi connectivity index (χ4v) is 3.24. The smallest absolute Gasteiger partial charge is 0.186 e. The van der Waals surface area contributed by atoms with Gasteiger partial charge in [-0.05, 0) is 31.2 Å². The monoisotopic (exact) mass is 384 g/mol. The molecule has 0 amide bonds. The molecule has 0 bridgehead atoms. The summed E-state index contributed by atoms with van der Waals surface area (Å²) in [6.45, 7) is 1.87. The minimum atomic E-state index is -0.0475. The molecule has 4 aromatic rings. The molecular formula is C19H14Cl2N4O. The van der Waals surface area contributed by atoms with E-state index >= 15 is 0 Å². The number of fused-ring (bicyclic) bond motifs is 1. The number of H-pyrrole nitrogens is 1. The van der Waals surface area contributed by atoms with Gasteiger partial charge in [-0.2, -0.15) is 5.10 Å². The second kappa shape index (κ2) is 6.59. The van der Waals surface area contributed by atoms with Crippen LogP contribution in [0, 0.1) is 6.92 Å². The molecule has 26 heavy (non-hydrogen) atoms. The van der Waals surface area contributed by atoms with Crippen LogP contribution in [0.4, 0.5) is 0 Å². The van der Waals surface area contributed by atoms with E-state index in [9.17, 15) is 4.79 Å². The number of aromatic amines is 1. The number of benzene rings is 2. The number of nitrogens with zero attached hydrogens (tertiary/aromatic N) is 3.